The molecule has 0 aromatic heterocycles. The molecule has 2 heterocycles. The van der Waals surface area contributed by atoms with Crippen LogP contribution in [0.1, 0.15) is 49.7 Å². The minimum atomic E-state index is -1.39. The number of carbonyl (C=O) groups excluding carboxylic acids is 4. The maximum absolute atomic E-state index is 13.7. The molecule has 10 rings (SSSR count). The highest BCUT2D eigenvalue weighted by Crippen LogP contribution is 2.64. The van der Waals surface area contributed by atoms with Crippen molar-refractivity contribution in [2.45, 2.75) is 49.7 Å². The molecule has 2 saturated heterocycles. The van der Waals surface area contributed by atoms with Crippen molar-refractivity contribution in [2.75, 3.05) is 9.80 Å². The molecule has 2 saturated carbocycles. The normalized spacial score (nSPS) is 28.7. The summed E-state index contributed by atoms with van der Waals surface area (Å²) in [6, 6.07) is 33.3. The molecular weight excluding hydrogens is 836 g/mol. The van der Waals surface area contributed by atoms with Gasteiger partial charge in [0.25, 0.3) is 11.8 Å². The first-order valence-electron chi connectivity index (χ1n) is 18.7. The zero-order valence-electron chi connectivity index (χ0n) is 30.1. The van der Waals surface area contributed by atoms with E-state index in [1.807, 2.05) is 72.8 Å². The molecule has 2 N–H and O–H groups in total. The molecule has 10 heteroatoms. The first-order valence-corrected chi connectivity index (χ1v) is 20.3. The number of aliphatic hydroxyl groups is 2. The van der Waals surface area contributed by atoms with Gasteiger partial charge in [0.1, 0.15) is 22.0 Å². The molecule has 280 valence electrons. The summed E-state index contributed by atoms with van der Waals surface area (Å²) in [4.78, 5) is 56.2. The van der Waals surface area contributed by atoms with E-state index in [4.69, 9.17) is 0 Å². The maximum atomic E-state index is 13.7. The number of para-hydroxylation sites is 2. The van der Waals surface area contributed by atoms with Gasteiger partial charge < -0.3 is 10.2 Å². The molecule has 0 bridgehead atoms. The van der Waals surface area contributed by atoms with Gasteiger partial charge in [-0.3, -0.25) is 19.2 Å². The lowest BCUT2D eigenvalue weighted by Crippen LogP contribution is -2.51. The van der Waals surface area contributed by atoms with E-state index in [0.717, 1.165) is 20.1 Å². The van der Waals surface area contributed by atoms with Crippen LogP contribution in [0.3, 0.4) is 0 Å². The number of allylic oxidation sites excluding steroid dienone is 4. The quantitative estimate of drug-likeness (QED) is 0.199. The molecule has 4 aromatic rings. The minimum absolute atomic E-state index is 0.322. The van der Waals surface area contributed by atoms with Crippen LogP contribution in [0.25, 0.3) is 11.1 Å². The number of benzene rings is 4. The van der Waals surface area contributed by atoms with E-state index in [-0.39, 0.29) is 23.6 Å². The number of nitrogens with zero attached hydrogens (tertiary/aromatic N) is 2. The molecule has 4 aliphatic carbocycles. The fraction of sp³-hybridized carbons (Fsp3) is 0.217. The average Bonchev–Trinajstić information content (AvgIpc) is 3.89. The Balaban J connectivity index is 0.000000146. The molecule has 2 spiro atoms. The van der Waals surface area contributed by atoms with Gasteiger partial charge in [0.15, 0.2) is 0 Å². The summed E-state index contributed by atoms with van der Waals surface area (Å²) in [5, 5.41) is 23.8. The van der Waals surface area contributed by atoms with Crippen LogP contribution >= 0.6 is 31.9 Å². The van der Waals surface area contributed by atoms with E-state index < -0.39 is 22.0 Å². The predicted molar refractivity (Wildman–Crippen MR) is 221 cm³/mol. The lowest BCUT2D eigenvalue weighted by molar-refractivity contribution is -0.132. The SMILES string of the molecule is O=C1C2=CC=C(c3ccc(Br)cc3)[C@@]3(O)CCC[C@@]23C(=O)N1c1ccccc1.O=C1C2=CC=C(c3ccc(Br)cc3)[C@]3(O)CCC[C@]23C(=O)N1c1ccccc1. The standard InChI is InChI=1S/2C23H18BrNO3/c2*24-16-9-7-15(8-10-16)18-11-12-19-20(26)25(17-5-2-1-3-6-17)21(27)22(19)13-4-14-23(18,22)28/h2*1-3,5-12,28H,4,13-14H2/t2*22-,23-/m10/s1. The third kappa shape index (κ3) is 4.95. The highest BCUT2D eigenvalue weighted by atomic mass is 79.9. The Morgan fingerprint density at radius 3 is 1.14 bits per heavy atom. The van der Waals surface area contributed by atoms with Gasteiger partial charge in [-0.15, -0.1) is 0 Å². The van der Waals surface area contributed by atoms with E-state index in [9.17, 15) is 29.4 Å². The van der Waals surface area contributed by atoms with Crippen molar-refractivity contribution in [1.29, 1.82) is 0 Å². The molecule has 8 nitrogen and oxygen atoms in total. The van der Waals surface area contributed by atoms with Crippen molar-refractivity contribution in [1.82, 2.24) is 0 Å². The smallest absolute Gasteiger partial charge is 0.262 e. The summed E-state index contributed by atoms with van der Waals surface area (Å²) in [6.07, 6.45) is 10.3. The Labute approximate surface area is 340 Å². The van der Waals surface area contributed by atoms with E-state index in [0.29, 0.717) is 72.2 Å². The molecule has 56 heavy (non-hydrogen) atoms. The summed E-state index contributed by atoms with van der Waals surface area (Å²) in [6.45, 7) is 0. The maximum Gasteiger partial charge on any atom is 0.262 e. The predicted octanol–water partition coefficient (Wildman–Crippen LogP) is 8.49. The number of anilines is 2. The van der Waals surface area contributed by atoms with Crippen molar-refractivity contribution in [3.8, 4) is 0 Å². The van der Waals surface area contributed by atoms with Gasteiger partial charge in [0, 0.05) is 20.1 Å². The van der Waals surface area contributed by atoms with Crippen molar-refractivity contribution < 1.29 is 29.4 Å². The number of carbonyl (C=O) groups is 4. The van der Waals surface area contributed by atoms with E-state index in [1.165, 1.54) is 9.80 Å². The van der Waals surface area contributed by atoms with Crippen LogP contribution in [-0.4, -0.2) is 45.0 Å². The van der Waals surface area contributed by atoms with Gasteiger partial charge in [0.05, 0.1) is 11.4 Å². The van der Waals surface area contributed by atoms with Crippen molar-refractivity contribution in [3.05, 3.63) is 165 Å². The van der Waals surface area contributed by atoms with Crippen LogP contribution in [0.2, 0.25) is 0 Å². The topological polar surface area (TPSA) is 115 Å². The number of amides is 4. The van der Waals surface area contributed by atoms with E-state index in [2.05, 4.69) is 31.9 Å². The fourth-order valence-electron chi connectivity index (χ4n) is 10.1. The third-order valence-corrected chi connectivity index (χ3v) is 13.6. The lowest BCUT2D eigenvalue weighted by Gasteiger charge is -2.42. The Morgan fingerprint density at radius 1 is 0.446 bits per heavy atom. The Morgan fingerprint density at radius 2 is 0.786 bits per heavy atom. The highest BCUT2D eigenvalue weighted by molar-refractivity contribution is 9.10. The minimum Gasteiger partial charge on any atom is -0.384 e. The third-order valence-electron chi connectivity index (χ3n) is 12.6. The van der Waals surface area contributed by atoms with Crippen LogP contribution in [0.15, 0.2) is 154 Å². The van der Waals surface area contributed by atoms with Gasteiger partial charge in [0.2, 0.25) is 11.8 Å². The Hall–Kier alpha value is -5.00. The van der Waals surface area contributed by atoms with E-state index in [1.54, 1.807) is 60.7 Å². The monoisotopic (exact) mass is 870 g/mol. The van der Waals surface area contributed by atoms with Gasteiger partial charge in [-0.25, -0.2) is 9.80 Å². The van der Waals surface area contributed by atoms with Crippen LogP contribution in [0, 0.1) is 10.8 Å². The molecule has 4 fully saturated rings. The van der Waals surface area contributed by atoms with Gasteiger partial charge in [-0.05, 0) is 109 Å². The fourth-order valence-corrected chi connectivity index (χ4v) is 10.6. The second-order valence-corrected chi connectivity index (χ2v) is 17.0. The summed E-state index contributed by atoms with van der Waals surface area (Å²) in [7, 11) is 0. The van der Waals surface area contributed by atoms with E-state index >= 15 is 0 Å². The molecule has 0 unspecified atom stereocenters. The van der Waals surface area contributed by atoms with Crippen LogP contribution in [0.5, 0.6) is 0 Å². The highest BCUT2D eigenvalue weighted by Gasteiger charge is 2.71. The zero-order valence-corrected chi connectivity index (χ0v) is 33.3. The van der Waals surface area contributed by atoms with Crippen molar-refractivity contribution in [3.63, 3.8) is 0 Å². The number of hydrogen-bond donors (Lipinski definition) is 2. The second-order valence-electron chi connectivity index (χ2n) is 15.1. The molecular formula is C46H36Br2N2O6. The van der Waals surface area contributed by atoms with Gasteiger partial charge >= 0.3 is 0 Å². The number of rotatable bonds is 4. The molecule has 2 aliphatic heterocycles. The summed E-state index contributed by atoms with van der Waals surface area (Å²) >= 11 is 6.87. The van der Waals surface area contributed by atoms with Gasteiger partial charge in [-0.2, -0.15) is 0 Å². The van der Waals surface area contributed by atoms with Crippen molar-refractivity contribution >= 4 is 78.0 Å². The second kappa shape index (κ2) is 13.3. The van der Waals surface area contributed by atoms with Crippen molar-refractivity contribution in [2.24, 2.45) is 10.8 Å². The Kier molecular flexibility index (Phi) is 8.70. The first kappa shape index (κ1) is 36.6. The number of hydrogen-bond acceptors (Lipinski definition) is 6. The number of halogens is 2. The molecule has 4 amide bonds. The zero-order chi connectivity index (χ0) is 39.0. The molecule has 6 aliphatic rings. The molecule has 4 atom stereocenters. The first-order chi connectivity index (χ1) is 27.0. The Bertz CT molecular complexity index is 2290. The number of imide groups is 2. The van der Waals surface area contributed by atoms with Crippen LogP contribution in [-0.2, 0) is 19.2 Å². The summed E-state index contributed by atoms with van der Waals surface area (Å²) in [5.74, 6) is -1.31. The molecule has 4 aromatic carbocycles. The average molecular weight is 873 g/mol. The molecule has 0 radical (unpaired) electrons. The van der Waals surface area contributed by atoms with Gasteiger partial charge in [-0.1, -0.05) is 117 Å². The lowest BCUT2D eigenvalue weighted by atomic mass is 9.63. The largest absolute Gasteiger partial charge is 0.384 e. The summed E-state index contributed by atoms with van der Waals surface area (Å²) < 4.78 is 1.89. The van der Waals surface area contributed by atoms with Crippen LogP contribution < -0.4 is 9.80 Å². The summed E-state index contributed by atoms with van der Waals surface area (Å²) in [5.41, 5.74) is -0.167. The van der Waals surface area contributed by atoms with Crippen LogP contribution in [0.4, 0.5) is 11.4 Å².